The van der Waals surface area contributed by atoms with Gasteiger partial charge in [0.05, 0.1) is 18.8 Å². The molecule has 2 heterocycles. The third kappa shape index (κ3) is 3.35. The summed E-state index contributed by atoms with van der Waals surface area (Å²) in [4.78, 5) is 0. The first kappa shape index (κ1) is 16.3. The van der Waals surface area contributed by atoms with E-state index in [1.165, 1.54) is 24.8 Å². The van der Waals surface area contributed by atoms with Gasteiger partial charge in [-0.1, -0.05) is 30.5 Å². The molecule has 0 N–H and O–H groups in total. The molecule has 2 aliphatic heterocycles. The van der Waals surface area contributed by atoms with Crippen LogP contribution in [0.25, 0.3) is 0 Å². The van der Waals surface area contributed by atoms with E-state index in [1.807, 2.05) is 0 Å². The highest BCUT2D eigenvalue weighted by Crippen LogP contribution is 2.71. The Morgan fingerprint density at radius 2 is 2.33 bits per heavy atom. The average molecular weight is 329 g/mol. The number of fused-ring (bicyclic) bond motifs is 1. The molecule has 1 saturated carbocycles. The van der Waals surface area contributed by atoms with Crippen LogP contribution in [0.15, 0.2) is 12.2 Å². The molecule has 3 aliphatic rings. The minimum absolute atomic E-state index is 0.317. The quantitative estimate of drug-likeness (QED) is 0.557. The number of ether oxygens (including phenoxy) is 1. The van der Waals surface area contributed by atoms with Crippen LogP contribution in [0.5, 0.6) is 0 Å². The van der Waals surface area contributed by atoms with Crippen molar-refractivity contribution in [3.8, 4) is 0 Å². The molecule has 2 saturated heterocycles. The lowest BCUT2D eigenvalue weighted by Crippen LogP contribution is -2.39. The summed E-state index contributed by atoms with van der Waals surface area (Å²) in [7, 11) is -0.493. The van der Waals surface area contributed by atoms with Crippen molar-refractivity contribution >= 4 is 18.9 Å². The van der Waals surface area contributed by atoms with Crippen molar-refractivity contribution in [2.75, 3.05) is 19.7 Å². The molecule has 0 bridgehead atoms. The van der Waals surface area contributed by atoms with Crippen LogP contribution in [0.1, 0.15) is 46.5 Å². The number of hydrogen-bond donors (Lipinski definition) is 0. The second-order valence-electron chi connectivity index (χ2n) is 6.87. The van der Waals surface area contributed by atoms with E-state index in [-0.39, 0.29) is 0 Å². The molecule has 1 aliphatic carbocycles. The Bertz CT molecular complexity index is 408. The summed E-state index contributed by atoms with van der Waals surface area (Å²) in [6, 6.07) is 0. The highest BCUT2D eigenvalue weighted by Gasteiger charge is 2.51. The smallest absolute Gasteiger partial charge is 0.170 e. The third-order valence-corrected chi connectivity index (χ3v) is 10.1. The fraction of sp³-hybridized carbons (Fsp3) is 0.875. The average Bonchev–Trinajstić information content (AvgIpc) is 2.83. The molecule has 0 radical (unpaired) electrons. The van der Waals surface area contributed by atoms with Crippen molar-refractivity contribution in [1.29, 1.82) is 0 Å². The zero-order chi connectivity index (χ0) is 15.0. The van der Waals surface area contributed by atoms with Gasteiger partial charge < -0.3 is 9.26 Å². The number of rotatable bonds is 3. The van der Waals surface area contributed by atoms with Gasteiger partial charge in [-0.05, 0) is 45.4 Å². The Balaban J connectivity index is 1.64. The Morgan fingerprint density at radius 3 is 3.05 bits per heavy atom. The van der Waals surface area contributed by atoms with Gasteiger partial charge in [-0.2, -0.15) is 0 Å². The summed E-state index contributed by atoms with van der Waals surface area (Å²) < 4.78 is 15.2. The zero-order valence-corrected chi connectivity index (χ0v) is 15.2. The number of morpholine rings is 1. The first-order chi connectivity index (χ1) is 10.0. The van der Waals surface area contributed by atoms with Gasteiger partial charge in [0.2, 0.25) is 0 Å². The summed E-state index contributed by atoms with van der Waals surface area (Å²) in [5.41, 5.74) is 1.33. The number of hydrogen-bond acceptors (Lipinski definition) is 4. The van der Waals surface area contributed by atoms with Crippen LogP contribution in [0.4, 0.5) is 0 Å². The molecule has 3 nitrogen and oxygen atoms in total. The van der Waals surface area contributed by atoms with Crippen molar-refractivity contribution in [2.45, 2.75) is 63.4 Å². The summed E-state index contributed by atoms with van der Waals surface area (Å²) in [6.07, 6.45) is 5.61. The zero-order valence-electron chi connectivity index (χ0n) is 13.5. The lowest BCUT2D eigenvalue weighted by atomic mass is 9.77. The fourth-order valence-corrected chi connectivity index (χ4v) is 8.70. The molecule has 5 heteroatoms. The van der Waals surface area contributed by atoms with Gasteiger partial charge in [-0.25, -0.2) is 4.67 Å². The summed E-state index contributed by atoms with van der Waals surface area (Å²) in [5, 5.41) is 0. The maximum Gasteiger partial charge on any atom is 0.170 e. The highest BCUT2D eigenvalue weighted by molar-refractivity contribution is 8.54. The van der Waals surface area contributed by atoms with Crippen molar-refractivity contribution in [2.24, 2.45) is 5.92 Å². The maximum atomic E-state index is 6.54. The molecule has 0 unspecified atom stereocenters. The van der Waals surface area contributed by atoms with E-state index in [0.29, 0.717) is 22.9 Å². The Hall–Kier alpha value is 0.400. The Labute approximate surface area is 134 Å². The molecule has 120 valence electrons. The second-order valence-corrected chi connectivity index (χ2v) is 10.7. The van der Waals surface area contributed by atoms with Crippen molar-refractivity contribution < 1.29 is 9.26 Å². The Kier molecular flexibility index (Phi) is 5.03. The minimum atomic E-state index is -0.493. The molecule has 0 aromatic rings. The predicted molar refractivity (Wildman–Crippen MR) is 91.5 cm³/mol. The lowest BCUT2D eigenvalue weighted by Gasteiger charge is -2.37. The number of nitrogens with zero attached hydrogens (tertiary/aromatic N) is 1. The molecule has 5 atom stereocenters. The summed E-state index contributed by atoms with van der Waals surface area (Å²) in [5.74, 6) is 0.659. The summed E-state index contributed by atoms with van der Waals surface area (Å²) >= 11 is 2.11. The van der Waals surface area contributed by atoms with Gasteiger partial charge in [0, 0.05) is 17.8 Å². The largest absolute Gasteiger partial charge is 0.376 e. The topological polar surface area (TPSA) is 21.7 Å². The SMILES string of the molecule is C=C(C)[C@H]1CC[C@@]2(C)S[P@@](N3CCO[C@H](CC)C3)O[C@@H]2C1. The molecule has 3 fully saturated rings. The number of allylic oxidation sites excluding steroid dienone is 1. The molecule has 0 aromatic carbocycles. The molecule has 0 spiro atoms. The van der Waals surface area contributed by atoms with Crippen LogP contribution in [0.3, 0.4) is 0 Å². The molecule has 0 aromatic heterocycles. The third-order valence-electron chi connectivity index (χ3n) is 5.17. The molecule has 21 heavy (non-hydrogen) atoms. The van der Waals surface area contributed by atoms with Gasteiger partial charge in [0.15, 0.2) is 7.50 Å². The van der Waals surface area contributed by atoms with Crippen LogP contribution in [-0.2, 0) is 9.26 Å². The van der Waals surface area contributed by atoms with E-state index in [0.717, 1.165) is 26.1 Å². The summed E-state index contributed by atoms with van der Waals surface area (Å²) in [6.45, 7) is 13.9. The van der Waals surface area contributed by atoms with Gasteiger partial charge >= 0.3 is 0 Å². The first-order valence-corrected chi connectivity index (χ1v) is 10.8. The van der Waals surface area contributed by atoms with Crippen LogP contribution in [-0.4, -0.2) is 41.3 Å². The minimum Gasteiger partial charge on any atom is -0.376 e. The van der Waals surface area contributed by atoms with E-state index in [9.17, 15) is 0 Å². The van der Waals surface area contributed by atoms with E-state index in [2.05, 4.69) is 43.4 Å². The lowest BCUT2D eigenvalue weighted by molar-refractivity contribution is -0.00554. The normalized spacial score (nSPS) is 44.5. The van der Waals surface area contributed by atoms with E-state index in [4.69, 9.17) is 9.26 Å². The van der Waals surface area contributed by atoms with Gasteiger partial charge in [0.1, 0.15) is 0 Å². The molecular formula is C16H28NO2PS. The van der Waals surface area contributed by atoms with E-state index < -0.39 is 7.50 Å². The van der Waals surface area contributed by atoms with Gasteiger partial charge in [0.25, 0.3) is 0 Å². The standard InChI is InChI=1S/C16H28NO2PS/c1-5-14-11-17(8-9-18-14)20-19-15-10-13(12(2)3)6-7-16(15,4)21-20/h13-15H,2,5-11H2,1,3-4H3/t13-,14+,15+,16+,20-/m0/s1. The predicted octanol–water partition coefficient (Wildman–Crippen LogP) is 4.59. The van der Waals surface area contributed by atoms with Crippen molar-refractivity contribution in [1.82, 2.24) is 4.67 Å². The molecule has 3 rings (SSSR count). The van der Waals surface area contributed by atoms with Crippen molar-refractivity contribution in [3.63, 3.8) is 0 Å². The highest BCUT2D eigenvalue weighted by atomic mass is 32.7. The van der Waals surface area contributed by atoms with Crippen LogP contribution < -0.4 is 0 Å². The van der Waals surface area contributed by atoms with Gasteiger partial charge in [-0.3, -0.25) is 0 Å². The maximum absolute atomic E-state index is 6.54. The van der Waals surface area contributed by atoms with Crippen LogP contribution in [0, 0.1) is 5.92 Å². The fourth-order valence-electron chi connectivity index (χ4n) is 3.49. The van der Waals surface area contributed by atoms with E-state index in [1.54, 1.807) is 0 Å². The monoisotopic (exact) mass is 329 g/mol. The van der Waals surface area contributed by atoms with Crippen LogP contribution >= 0.6 is 18.9 Å². The molecular weight excluding hydrogens is 301 g/mol. The van der Waals surface area contributed by atoms with Crippen LogP contribution in [0.2, 0.25) is 0 Å². The first-order valence-electron chi connectivity index (χ1n) is 8.19. The van der Waals surface area contributed by atoms with Gasteiger partial charge in [-0.15, -0.1) is 0 Å². The van der Waals surface area contributed by atoms with Crippen molar-refractivity contribution in [3.05, 3.63) is 12.2 Å². The van der Waals surface area contributed by atoms with E-state index >= 15 is 0 Å². The molecule has 0 amide bonds. The second kappa shape index (κ2) is 6.49. The Morgan fingerprint density at radius 1 is 1.52 bits per heavy atom.